The van der Waals surface area contributed by atoms with E-state index in [1.807, 2.05) is 0 Å². The monoisotopic (exact) mass is 483 g/mol. The van der Waals surface area contributed by atoms with Crippen LogP contribution in [0.1, 0.15) is 13.3 Å². The van der Waals surface area contributed by atoms with Gasteiger partial charge in [0.25, 0.3) is 7.82 Å². The third-order valence-corrected chi connectivity index (χ3v) is 7.55. The zero-order chi connectivity index (χ0) is 22.2. The van der Waals surface area contributed by atoms with Gasteiger partial charge in [-0.1, -0.05) is 6.92 Å². The van der Waals surface area contributed by atoms with Gasteiger partial charge in [-0.3, -0.25) is 24.1 Å². The van der Waals surface area contributed by atoms with Crippen LogP contribution in [-0.2, 0) is 36.4 Å². The lowest BCUT2D eigenvalue weighted by Gasteiger charge is -2.34. The van der Waals surface area contributed by atoms with E-state index in [2.05, 4.69) is 18.5 Å². The Morgan fingerprint density at radius 3 is 2.41 bits per heavy atom. The highest BCUT2D eigenvalue weighted by molar-refractivity contribution is 7.66. The average Bonchev–Trinajstić information content (AvgIpc) is 2.86. The van der Waals surface area contributed by atoms with E-state index in [0.717, 1.165) is 4.90 Å². The van der Waals surface area contributed by atoms with E-state index in [0.29, 0.717) is 0 Å². The highest BCUT2D eigenvalue weighted by atomic mass is 31.3. The summed E-state index contributed by atoms with van der Waals surface area (Å²) in [6, 6.07) is -0.757. The second-order valence-corrected chi connectivity index (χ2v) is 10.5. The zero-order valence-electron chi connectivity index (χ0n) is 14.6. The van der Waals surface area contributed by atoms with Crippen LogP contribution in [0, 0.1) is 5.92 Å². The maximum atomic E-state index is 11.9. The number of phosphoric ester groups is 1. The molecule has 16 nitrogen and oxygen atoms in total. The number of carbonyl (C=O) groups excluding carboxylic acids is 2. The number of rotatable bonds is 8. The fraction of sp³-hybridized carbons (Fsp3) is 0.800. The first-order chi connectivity index (χ1) is 13.1. The van der Waals surface area contributed by atoms with Crippen LogP contribution in [0.25, 0.3) is 0 Å². The van der Waals surface area contributed by atoms with E-state index in [4.69, 9.17) is 14.5 Å². The molecule has 0 aromatic rings. The van der Waals surface area contributed by atoms with E-state index in [1.165, 1.54) is 0 Å². The topological polar surface area (TPSA) is 242 Å². The molecule has 0 saturated carbocycles. The minimum absolute atomic E-state index is 0.00131. The number of urea groups is 1. The molecule has 7 atom stereocenters. The summed E-state index contributed by atoms with van der Waals surface area (Å²) in [5, 5.41) is 12.1. The van der Waals surface area contributed by atoms with Crippen LogP contribution < -0.4 is 10.2 Å². The molecule has 0 aromatic carbocycles. The first kappa shape index (κ1) is 24.5. The van der Waals surface area contributed by atoms with E-state index < -0.39 is 66.4 Å². The number of nitrogens with one attached hydrogen (secondary N) is 1. The number of nitrogens with zero attached hydrogens (tertiary/aromatic N) is 1. The zero-order valence-corrected chi connectivity index (χ0v) is 17.3. The SMILES string of the molecule is CC1CN(C2CC(O)C(COP(=O)(O)OP(=O)(O)OP(=O)([O-])O)O2)C(=O)NC1=O. The van der Waals surface area contributed by atoms with Gasteiger partial charge in [0.1, 0.15) is 12.3 Å². The quantitative estimate of drug-likeness (QED) is 0.243. The smallest absolute Gasteiger partial charge is 0.487 e. The van der Waals surface area contributed by atoms with E-state index in [9.17, 15) is 38.2 Å². The lowest BCUT2D eigenvalue weighted by atomic mass is 10.1. The molecule has 0 spiro atoms. The lowest BCUT2D eigenvalue weighted by Crippen LogP contribution is -2.57. The number of imide groups is 1. The summed E-state index contributed by atoms with van der Waals surface area (Å²) in [4.78, 5) is 61.7. The van der Waals surface area contributed by atoms with Crippen molar-refractivity contribution in [2.45, 2.75) is 31.8 Å². The molecule has 2 saturated heterocycles. The Kier molecular flexibility index (Phi) is 7.44. The van der Waals surface area contributed by atoms with Crippen molar-refractivity contribution in [3.05, 3.63) is 0 Å². The van der Waals surface area contributed by atoms with Crippen molar-refractivity contribution in [3.63, 3.8) is 0 Å². The predicted octanol–water partition coefficient (Wildman–Crippen LogP) is -1.64. The van der Waals surface area contributed by atoms with Crippen LogP contribution in [0.5, 0.6) is 0 Å². The van der Waals surface area contributed by atoms with Crippen molar-refractivity contribution in [3.8, 4) is 0 Å². The number of ether oxygens (including phenoxy) is 1. The van der Waals surface area contributed by atoms with Crippen LogP contribution in [0.15, 0.2) is 0 Å². The number of hydrogen-bond donors (Lipinski definition) is 5. The molecule has 19 heteroatoms. The molecule has 2 rings (SSSR count). The third-order valence-electron chi connectivity index (χ3n) is 3.78. The van der Waals surface area contributed by atoms with Gasteiger partial charge < -0.3 is 29.4 Å². The van der Waals surface area contributed by atoms with Gasteiger partial charge in [-0.05, 0) is 0 Å². The van der Waals surface area contributed by atoms with Gasteiger partial charge in [0, 0.05) is 13.0 Å². The van der Waals surface area contributed by atoms with E-state index in [-0.39, 0.29) is 13.0 Å². The molecule has 2 aliphatic rings. The number of carbonyl (C=O) groups is 2. The Labute approximate surface area is 163 Å². The summed E-state index contributed by atoms with van der Waals surface area (Å²) in [5.74, 6) is -1.03. The van der Waals surface area contributed by atoms with Crippen LogP contribution in [0.3, 0.4) is 0 Å². The standard InChI is InChI=1S/C10H19N2O14P3/c1-5-3-12(10(15)11-9(5)14)8-2-6(13)7(24-8)4-23-28(19,20)26-29(21,22)25-27(16,17)18/h5-8,13H,2-4H2,1H3,(H,19,20)(H,21,22)(H,11,14,15)(H2,16,17,18)/p-1. The van der Waals surface area contributed by atoms with E-state index in [1.54, 1.807) is 6.92 Å². The van der Waals surface area contributed by atoms with Crippen LogP contribution in [0.4, 0.5) is 4.79 Å². The maximum Gasteiger partial charge on any atom is 0.487 e. The summed E-state index contributed by atoms with van der Waals surface area (Å²) >= 11 is 0. The molecule has 0 aliphatic carbocycles. The van der Waals surface area contributed by atoms with Crippen LogP contribution >= 0.6 is 23.5 Å². The molecule has 168 valence electrons. The van der Waals surface area contributed by atoms with Gasteiger partial charge in [-0.2, -0.15) is 4.31 Å². The number of hydrogen-bond acceptors (Lipinski definition) is 11. The number of aliphatic hydroxyl groups excluding tert-OH is 1. The molecule has 7 unspecified atom stereocenters. The van der Waals surface area contributed by atoms with E-state index >= 15 is 0 Å². The third kappa shape index (κ3) is 7.17. The first-order valence-corrected chi connectivity index (χ1v) is 12.3. The summed E-state index contributed by atoms with van der Waals surface area (Å²) in [7, 11) is -16.9. The van der Waals surface area contributed by atoms with Gasteiger partial charge in [-0.25, -0.2) is 18.2 Å². The molecule has 2 heterocycles. The van der Waals surface area contributed by atoms with Gasteiger partial charge >= 0.3 is 21.7 Å². The summed E-state index contributed by atoms with van der Waals surface area (Å²) in [6.07, 6.45) is -3.71. The molecule has 2 aliphatic heterocycles. The molecule has 3 amide bonds. The predicted molar refractivity (Wildman–Crippen MR) is 86.3 cm³/mol. The summed E-state index contributed by atoms with van der Waals surface area (Å²) in [6.45, 7) is 0.685. The Balaban J connectivity index is 1.93. The Morgan fingerprint density at radius 2 is 1.83 bits per heavy atom. The number of aliphatic hydroxyl groups is 1. The first-order valence-electron chi connectivity index (χ1n) is 7.80. The molecule has 0 aromatic heterocycles. The van der Waals surface area contributed by atoms with Crippen molar-refractivity contribution in [2.75, 3.05) is 13.2 Å². The highest BCUT2D eigenvalue weighted by Gasteiger charge is 2.44. The number of amides is 3. The maximum absolute atomic E-state index is 11.9. The van der Waals surface area contributed by atoms with Crippen LogP contribution in [0.2, 0.25) is 0 Å². The Bertz CT molecular complexity index is 799. The lowest BCUT2D eigenvalue weighted by molar-refractivity contribution is -0.212. The minimum atomic E-state index is -5.77. The average molecular weight is 483 g/mol. The Morgan fingerprint density at radius 1 is 1.21 bits per heavy atom. The normalized spacial score (nSPS) is 34.2. The van der Waals surface area contributed by atoms with Gasteiger partial charge in [-0.15, -0.1) is 0 Å². The molecule has 2 fully saturated rings. The fourth-order valence-electron chi connectivity index (χ4n) is 2.53. The molecule has 0 radical (unpaired) electrons. The second kappa shape index (κ2) is 8.79. The highest BCUT2D eigenvalue weighted by Crippen LogP contribution is 2.65. The minimum Gasteiger partial charge on any atom is -0.756 e. The van der Waals surface area contributed by atoms with Crippen molar-refractivity contribution in [1.82, 2.24) is 10.2 Å². The molecule has 29 heavy (non-hydrogen) atoms. The largest absolute Gasteiger partial charge is 0.756 e. The van der Waals surface area contributed by atoms with Gasteiger partial charge in [0.15, 0.2) is 0 Å². The van der Waals surface area contributed by atoms with Crippen LogP contribution in [-0.4, -0.2) is 68.2 Å². The fourth-order valence-corrected chi connectivity index (χ4v) is 5.53. The van der Waals surface area contributed by atoms with Gasteiger partial charge in [0.2, 0.25) is 5.91 Å². The number of phosphoric acid groups is 3. The van der Waals surface area contributed by atoms with Crippen molar-refractivity contribution in [1.29, 1.82) is 0 Å². The Hall–Kier alpha value is -0.730. The summed E-state index contributed by atoms with van der Waals surface area (Å²) in [5.41, 5.74) is 0. The molecular formula is C10H18N2O14P3-. The summed E-state index contributed by atoms with van der Waals surface area (Å²) < 4.78 is 50.0. The molecular weight excluding hydrogens is 465 g/mol. The van der Waals surface area contributed by atoms with Gasteiger partial charge in [0.05, 0.1) is 18.6 Å². The second-order valence-electron chi connectivity index (χ2n) is 6.14. The molecule has 5 N–H and O–H groups in total. The van der Waals surface area contributed by atoms with Crippen molar-refractivity contribution < 1.29 is 65.8 Å². The van der Waals surface area contributed by atoms with Crippen molar-refractivity contribution >= 4 is 35.4 Å². The molecule has 0 bridgehead atoms. The van der Waals surface area contributed by atoms with Crippen molar-refractivity contribution in [2.24, 2.45) is 5.92 Å².